The Labute approximate surface area is 168 Å². The monoisotopic (exact) mass is 410 g/mol. The van der Waals surface area contributed by atoms with Crippen LogP contribution in [0.15, 0.2) is 24.3 Å². The third kappa shape index (κ3) is 5.60. The van der Waals surface area contributed by atoms with E-state index >= 15 is 0 Å². The number of carboxylic acids is 2. The van der Waals surface area contributed by atoms with Crippen molar-refractivity contribution < 1.29 is 43.5 Å². The lowest BCUT2D eigenvalue weighted by Gasteiger charge is -2.43. The SMILES string of the molecule is COC(=O)CC1COC(C)C(C(Oc2ccccc2OC)C(=O)O)C1CC(=O)O. The number of para-hydroxylation sites is 2. The van der Waals surface area contributed by atoms with E-state index in [0.717, 1.165) is 0 Å². The molecule has 1 aromatic carbocycles. The van der Waals surface area contributed by atoms with Crippen LogP contribution in [-0.2, 0) is 23.9 Å². The smallest absolute Gasteiger partial charge is 0.345 e. The first-order valence-corrected chi connectivity index (χ1v) is 9.21. The number of carbonyl (C=O) groups is 3. The Kier molecular flexibility index (Phi) is 7.83. The number of esters is 1. The number of benzene rings is 1. The van der Waals surface area contributed by atoms with Crippen LogP contribution in [-0.4, -0.2) is 61.2 Å². The van der Waals surface area contributed by atoms with Crippen LogP contribution in [0.5, 0.6) is 11.5 Å². The van der Waals surface area contributed by atoms with E-state index in [1.54, 1.807) is 31.2 Å². The fourth-order valence-electron chi connectivity index (χ4n) is 3.80. The van der Waals surface area contributed by atoms with Gasteiger partial charge in [-0.1, -0.05) is 12.1 Å². The van der Waals surface area contributed by atoms with Crippen LogP contribution < -0.4 is 9.47 Å². The molecule has 0 aromatic heterocycles. The third-order valence-corrected chi connectivity index (χ3v) is 5.20. The molecule has 9 nitrogen and oxygen atoms in total. The van der Waals surface area contributed by atoms with E-state index in [9.17, 15) is 24.6 Å². The Balaban J connectivity index is 2.39. The summed E-state index contributed by atoms with van der Waals surface area (Å²) in [6.07, 6.45) is -2.38. The van der Waals surface area contributed by atoms with Gasteiger partial charge in [-0.15, -0.1) is 0 Å². The van der Waals surface area contributed by atoms with Gasteiger partial charge in [0.15, 0.2) is 11.5 Å². The summed E-state index contributed by atoms with van der Waals surface area (Å²) in [7, 11) is 2.67. The van der Waals surface area contributed by atoms with Crippen molar-refractivity contribution in [1.29, 1.82) is 0 Å². The lowest BCUT2D eigenvalue weighted by atomic mass is 9.71. The largest absolute Gasteiger partial charge is 0.493 e. The Morgan fingerprint density at radius 1 is 1.14 bits per heavy atom. The molecule has 1 aliphatic rings. The number of carboxylic acid groups (broad SMARTS) is 2. The minimum absolute atomic E-state index is 0.0708. The third-order valence-electron chi connectivity index (χ3n) is 5.20. The Bertz CT molecular complexity index is 732. The number of ether oxygens (including phenoxy) is 4. The molecule has 160 valence electrons. The minimum atomic E-state index is -1.40. The number of hydrogen-bond acceptors (Lipinski definition) is 7. The van der Waals surface area contributed by atoms with Gasteiger partial charge in [-0.25, -0.2) is 4.79 Å². The van der Waals surface area contributed by atoms with Crippen LogP contribution in [0.4, 0.5) is 0 Å². The number of rotatable bonds is 9. The molecule has 0 bridgehead atoms. The molecule has 1 saturated heterocycles. The van der Waals surface area contributed by atoms with Crippen molar-refractivity contribution in [2.45, 2.75) is 32.0 Å². The van der Waals surface area contributed by atoms with Crippen LogP contribution in [0.1, 0.15) is 19.8 Å². The van der Waals surface area contributed by atoms with E-state index in [2.05, 4.69) is 0 Å². The predicted molar refractivity (Wildman–Crippen MR) is 99.8 cm³/mol. The lowest BCUT2D eigenvalue weighted by Crippen LogP contribution is -2.52. The van der Waals surface area contributed by atoms with Crippen molar-refractivity contribution in [3.05, 3.63) is 24.3 Å². The summed E-state index contributed by atoms with van der Waals surface area (Å²) < 4.78 is 21.4. The van der Waals surface area contributed by atoms with Gasteiger partial charge in [0, 0.05) is 12.3 Å². The van der Waals surface area contributed by atoms with Gasteiger partial charge in [-0.05, 0) is 30.9 Å². The van der Waals surface area contributed by atoms with Crippen LogP contribution in [0.25, 0.3) is 0 Å². The summed E-state index contributed by atoms with van der Waals surface area (Å²) in [5.74, 6) is -4.27. The first kappa shape index (κ1) is 22.5. The van der Waals surface area contributed by atoms with Gasteiger partial charge < -0.3 is 29.2 Å². The Morgan fingerprint density at radius 2 is 1.79 bits per heavy atom. The van der Waals surface area contributed by atoms with Crippen LogP contribution in [0.3, 0.4) is 0 Å². The van der Waals surface area contributed by atoms with Gasteiger partial charge >= 0.3 is 17.9 Å². The molecule has 1 aliphatic heterocycles. The van der Waals surface area contributed by atoms with Gasteiger partial charge in [0.05, 0.1) is 33.4 Å². The fourth-order valence-corrected chi connectivity index (χ4v) is 3.80. The summed E-state index contributed by atoms with van der Waals surface area (Å²) >= 11 is 0. The number of hydrogen-bond donors (Lipinski definition) is 2. The second kappa shape index (κ2) is 10.1. The molecule has 0 saturated carbocycles. The standard InChI is InChI=1S/C20H26O9/c1-11-18(13(9-16(21)22)12(10-28-11)8-17(23)27-3)19(20(24)25)29-15-7-5-4-6-14(15)26-2/h4-7,11-13,18-19H,8-10H2,1-3H3,(H,21,22)(H,24,25). The molecule has 0 aliphatic carbocycles. The average molecular weight is 410 g/mol. The molecule has 1 aromatic rings. The fraction of sp³-hybridized carbons (Fsp3) is 0.550. The molecule has 5 atom stereocenters. The molecule has 1 fully saturated rings. The first-order chi connectivity index (χ1) is 13.8. The zero-order chi connectivity index (χ0) is 21.6. The molecule has 0 amide bonds. The number of carbonyl (C=O) groups excluding carboxylic acids is 1. The van der Waals surface area contributed by atoms with Gasteiger partial charge in [0.25, 0.3) is 0 Å². The van der Waals surface area contributed by atoms with E-state index in [-0.39, 0.29) is 25.2 Å². The Morgan fingerprint density at radius 3 is 2.34 bits per heavy atom. The molecular formula is C20H26O9. The normalized spacial score (nSPS) is 24.9. The summed E-state index contributed by atoms with van der Waals surface area (Å²) in [6.45, 7) is 1.81. The average Bonchev–Trinajstić information content (AvgIpc) is 2.68. The molecular weight excluding hydrogens is 384 g/mol. The number of aliphatic carboxylic acids is 2. The zero-order valence-corrected chi connectivity index (χ0v) is 16.6. The van der Waals surface area contributed by atoms with E-state index < -0.39 is 47.9 Å². The van der Waals surface area contributed by atoms with Gasteiger partial charge in [-0.2, -0.15) is 0 Å². The van der Waals surface area contributed by atoms with E-state index in [0.29, 0.717) is 5.75 Å². The maximum Gasteiger partial charge on any atom is 0.345 e. The zero-order valence-electron chi connectivity index (χ0n) is 16.6. The van der Waals surface area contributed by atoms with Crippen LogP contribution >= 0.6 is 0 Å². The summed E-state index contributed by atoms with van der Waals surface area (Å²) in [5.41, 5.74) is 0. The highest BCUT2D eigenvalue weighted by atomic mass is 16.5. The van der Waals surface area contributed by atoms with Gasteiger partial charge in [0.2, 0.25) is 6.10 Å². The molecule has 5 unspecified atom stereocenters. The maximum atomic E-state index is 12.1. The van der Waals surface area contributed by atoms with Crippen molar-refractivity contribution in [1.82, 2.24) is 0 Å². The summed E-state index contributed by atoms with van der Waals surface area (Å²) in [6, 6.07) is 6.59. The Hall–Kier alpha value is -2.81. The predicted octanol–water partition coefficient (Wildman–Crippen LogP) is 1.83. The quantitative estimate of drug-likeness (QED) is 0.586. The molecule has 1 heterocycles. The van der Waals surface area contributed by atoms with Crippen molar-refractivity contribution in [3.63, 3.8) is 0 Å². The van der Waals surface area contributed by atoms with Crippen molar-refractivity contribution in [3.8, 4) is 11.5 Å². The summed E-state index contributed by atoms with van der Waals surface area (Å²) in [4.78, 5) is 35.4. The van der Waals surface area contributed by atoms with Crippen molar-refractivity contribution in [2.24, 2.45) is 17.8 Å². The lowest BCUT2D eigenvalue weighted by molar-refractivity contribution is -0.170. The molecule has 2 N–H and O–H groups in total. The van der Waals surface area contributed by atoms with Crippen molar-refractivity contribution in [2.75, 3.05) is 20.8 Å². The second-order valence-electron chi connectivity index (χ2n) is 6.95. The van der Waals surface area contributed by atoms with Crippen LogP contribution in [0, 0.1) is 17.8 Å². The molecule has 2 rings (SSSR count). The molecule has 0 radical (unpaired) electrons. The molecule has 0 spiro atoms. The first-order valence-electron chi connectivity index (χ1n) is 9.21. The topological polar surface area (TPSA) is 129 Å². The minimum Gasteiger partial charge on any atom is -0.493 e. The van der Waals surface area contributed by atoms with Gasteiger partial charge in [0.1, 0.15) is 0 Å². The van der Waals surface area contributed by atoms with Gasteiger partial charge in [-0.3, -0.25) is 9.59 Å². The number of methoxy groups -OCH3 is 2. The van der Waals surface area contributed by atoms with E-state index in [4.69, 9.17) is 18.9 Å². The van der Waals surface area contributed by atoms with E-state index in [1.165, 1.54) is 14.2 Å². The van der Waals surface area contributed by atoms with Crippen LogP contribution in [0.2, 0.25) is 0 Å². The highest BCUT2D eigenvalue weighted by Gasteiger charge is 2.48. The highest BCUT2D eigenvalue weighted by molar-refractivity contribution is 5.74. The van der Waals surface area contributed by atoms with Crippen molar-refractivity contribution >= 4 is 17.9 Å². The molecule has 29 heavy (non-hydrogen) atoms. The molecule has 9 heteroatoms. The maximum absolute atomic E-state index is 12.1. The second-order valence-corrected chi connectivity index (χ2v) is 6.95. The van der Waals surface area contributed by atoms with E-state index in [1.807, 2.05) is 0 Å². The highest BCUT2D eigenvalue weighted by Crippen LogP contribution is 2.40. The summed E-state index contributed by atoms with van der Waals surface area (Å²) in [5, 5.41) is 19.3.